The van der Waals surface area contributed by atoms with Crippen LogP contribution in [0.3, 0.4) is 0 Å². The lowest BCUT2D eigenvalue weighted by Gasteiger charge is -2.13. The van der Waals surface area contributed by atoms with Crippen molar-refractivity contribution in [1.29, 1.82) is 0 Å². The summed E-state index contributed by atoms with van der Waals surface area (Å²) < 4.78 is 4.85. The number of benzene rings is 1. The average molecular weight is 289 g/mol. The topological polar surface area (TPSA) is 104 Å². The number of hydrogen-bond donors (Lipinski definition) is 3. The molecule has 0 spiro atoms. The van der Waals surface area contributed by atoms with Crippen molar-refractivity contribution >= 4 is 17.7 Å². The van der Waals surface area contributed by atoms with Gasteiger partial charge in [-0.25, -0.2) is 9.59 Å². The lowest BCUT2D eigenvalue weighted by Crippen LogP contribution is -2.29. The maximum Gasteiger partial charge on any atom is 0.337 e. The Morgan fingerprint density at radius 1 is 1.33 bits per heavy atom. The molecule has 110 valence electrons. The third kappa shape index (κ3) is 3.59. The molecule has 2 amide bonds. The number of carboxylic acid groups (broad SMARTS) is 1. The molecule has 2 aromatic rings. The number of urea groups is 1. The van der Waals surface area contributed by atoms with Crippen LogP contribution in [0.1, 0.15) is 27.2 Å². The van der Waals surface area contributed by atoms with Crippen LogP contribution in [0.25, 0.3) is 0 Å². The summed E-state index contributed by atoms with van der Waals surface area (Å²) in [5.74, 6) is -0.587. The summed E-state index contributed by atoms with van der Waals surface area (Å²) in [6, 6.07) is 4.43. The van der Waals surface area contributed by atoms with Crippen LogP contribution in [0, 0.1) is 13.8 Å². The Morgan fingerprint density at radius 3 is 2.71 bits per heavy atom. The average Bonchev–Trinajstić information content (AvgIpc) is 2.92. The number of aromatic carboxylic acids is 1. The van der Waals surface area contributed by atoms with Gasteiger partial charge < -0.3 is 20.3 Å². The Balaban J connectivity index is 2.11. The zero-order chi connectivity index (χ0) is 15.4. The fourth-order valence-electron chi connectivity index (χ4n) is 1.96. The maximum atomic E-state index is 11.8. The predicted octanol–water partition coefficient (Wildman–Crippen LogP) is 2.31. The van der Waals surface area contributed by atoms with E-state index in [0.29, 0.717) is 11.3 Å². The monoisotopic (exact) mass is 289 g/mol. The van der Waals surface area contributed by atoms with Crippen LogP contribution in [0.2, 0.25) is 0 Å². The third-order valence-electron chi connectivity index (χ3n) is 2.86. The molecule has 7 nitrogen and oxygen atoms in total. The van der Waals surface area contributed by atoms with Gasteiger partial charge in [-0.1, -0.05) is 11.2 Å². The van der Waals surface area contributed by atoms with E-state index < -0.39 is 12.0 Å². The largest absolute Gasteiger partial charge is 0.478 e. The molecule has 0 bridgehead atoms. The van der Waals surface area contributed by atoms with E-state index in [1.807, 2.05) is 0 Å². The lowest BCUT2D eigenvalue weighted by molar-refractivity contribution is 0.0698. The first-order valence-corrected chi connectivity index (χ1v) is 6.26. The first-order chi connectivity index (χ1) is 9.97. The van der Waals surface area contributed by atoms with Crippen molar-refractivity contribution in [1.82, 2.24) is 10.5 Å². The van der Waals surface area contributed by atoms with Gasteiger partial charge in [0, 0.05) is 6.07 Å². The quantitative estimate of drug-likeness (QED) is 0.801. The molecule has 2 rings (SSSR count). The summed E-state index contributed by atoms with van der Waals surface area (Å²) in [6.07, 6.45) is 1.47. The Labute approximate surface area is 120 Å². The maximum absolute atomic E-state index is 11.8. The van der Waals surface area contributed by atoms with E-state index in [1.54, 1.807) is 26.0 Å². The van der Waals surface area contributed by atoms with Crippen LogP contribution in [0.15, 0.2) is 28.9 Å². The second-order valence-corrected chi connectivity index (χ2v) is 4.60. The number of carbonyl (C=O) groups excluding carboxylic acids is 1. The molecular formula is C14H15N3O4. The summed E-state index contributed by atoms with van der Waals surface area (Å²) in [4.78, 5) is 23.1. The van der Waals surface area contributed by atoms with Gasteiger partial charge in [0.15, 0.2) is 5.76 Å². The lowest BCUT2D eigenvalue weighted by atomic mass is 10.0. The van der Waals surface area contributed by atoms with Crippen LogP contribution in [0.4, 0.5) is 10.5 Å². The van der Waals surface area contributed by atoms with Gasteiger partial charge in [0.2, 0.25) is 0 Å². The van der Waals surface area contributed by atoms with Gasteiger partial charge in [0.25, 0.3) is 0 Å². The minimum atomic E-state index is -1.09. The fraction of sp³-hybridized carbons (Fsp3) is 0.214. The van der Waals surface area contributed by atoms with E-state index in [0.717, 1.165) is 5.56 Å². The molecule has 0 unspecified atom stereocenters. The summed E-state index contributed by atoms with van der Waals surface area (Å²) >= 11 is 0. The molecule has 0 radical (unpaired) electrons. The normalized spacial score (nSPS) is 10.2. The highest BCUT2D eigenvalue weighted by atomic mass is 16.5. The Bertz CT molecular complexity index is 665. The van der Waals surface area contributed by atoms with E-state index in [9.17, 15) is 14.7 Å². The van der Waals surface area contributed by atoms with Gasteiger partial charge in [0.05, 0.1) is 24.0 Å². The van der Waals surface area contributed by atoms with Crippen LogP contribution in [-0.2, 0) is 6.54 Å². The SMILES string of the molecule is Cc1cc(C)c(NC(=O)NCc2ccno2)c(C(=O)O)c1. The van der Waals surface area contributed by atoms with Gasteiger partial charge >= 0.3 is 12.0 Å². The number of hydrogen-bond acceptors (Lipinski definition) is 4. The number of nitrogens with one attached hydrogen (secondary N) is 2. The number of aromatic nitrogens is 1. The highest BCUT2D eigenvalue weighted by Gasteiger charge is 2.15. The van der Waals surface area contributed by atoms with E-state index in [-0.39, 0.29) is 17.8 Å². The highest BCUT2D eigenvalue weighted by Crippen LogP contribution is 2.22. The molecule has 0 aliphatic carbocycles. The summed E-state index contributed by atoms with van der Waals surface area (Å²) in [5, 5.41) is 17.9. The third-order valence-corrected chi connectivity index (χ3v) is 2.86. The van der Waals surface area contributed by atoms with Crippen LogP contribution < -0.4 is 10.6 Å². The molecule has 0 aliphatic rings. The first kappa shape index (κ1) is 14.6. The molecule has 0 atom stereocenters. The molecule has 0 saturated heterocycles. The molecule has 7 heteroatoms. The van der Waals surface area contributed by atoms with Gasteiger partial charge in [-0.05, 0) is 31.0 Å². The molecular weight excluding hydrogens is 274 g/mol. The van der Waals surface area contributed by atoms with Crippen molar-refractivity contribution < 1.29 is 19.2 Å². The minimum Gasteiger partial charge on any atom is -0.478 e. The number of nitrogens with zero attached hydrogens (tertiary/aromatic N) is 1. The number of carbonyl (C=O) groups is 2. The number of rotatable bonds is 4. The Kier molecular flexibility index (Phi) is 4.22. The molecule has 0 aliphatic heterocycles. The van der Waals surface area contributed by atoms with E-state index in [2.05, 4.69) is 15.8 Å². The smallest absolute Gasteiger partial charge is 0.337 e. The standard InChI is InChI=1S/C14H15N3O4/c1-8-5-9(2)12(11(6-8)13(18)19)17-14(20)15-7-10-3-4-16-21-10/h3-6H,7H2,1-2H3,(H,18,19)(H2,15,17,20). The van der Waals surface area contributed by atoms with E-state index >= 15 is 0 Å². The van der Waals surface area contributed by atoms with Crippen LogP contribution in [0.5, 0.6) is 0 Å². The van der Waals surface area contributed by atoms with Crippen molar-refractivity contribution in [2.24, 2.45) is 0 Å². The molecule has 0 saturated carbocycles. The van der Waals surface area contributed by atoms with Gasteiger partial charge in [-0.15, -0.1) is 0 Å². The Hall–Kier alpha value is -2.83. The number of aryl methyl sites for hydroxylation is 2. The highest BCUT2D eigenvalue weighted by molar-refractivity contribution is 6.01. The van der Waals surface area contributed by atoms with E-state index in [4.69, 9.17) is 4.52 Å². The van der Waals surface area contributed by atoms with Crippen molar-refractivity contribution in [3.05, 3.63) is 46.8 Å². The molecule has 1 aromatic heterocycles. The van der Waals surface area contributed by atoms with Gasteiger partial charge in [-0.2, -0.15) is 0 Å². The molecule has 1 heterocycles. The van der Waals surface area contributed by atoms with Crippen molar-refractivity contribution in [2.45, 2.75) is 20.4 Å². The van der Waals surface area contributed by atoms with Gasteiger partial charge in [-0.3, -0.25) is 0 Å². The van der Waals surface area contributed by atoms with E-state index in [1.165, 1.54) is 12.3 Å². The molecule has 1 aromatic carbocycles. The minimum absolute atomic E-state index is 0.0577. The Morgan fingerprint density at radius 2 is 2.10 bits per heavy atom. The molecule has 3 N–H and O–H groups in total. The molecule has 21 heavy (non-hydrogen) atoms. The van der Waals surface area contributed by atoms with Gasteiger partial charge in [0.1, 0.15) is 0 Å². The summed E-state index contributed by atoms with van der Waals surface area (Å²) in [6.45, 7) is 3.71. The van der Waals surface area contributed by atoms with Crippen LogP contribution >= 0.6 is 0 Å². The van der Waals surface area contributed by atoms with Crippen molar-refractivity contribution in [3.8, 4) is 0 Å². The second kappa shape index (κ2) is 6.08. The second-order valence-electron chi connectivity index (χ2n) is 4.60. The summed E-state index contributed by atoms with van der Waals surface area (Å²) in [5.41, 5.74) is 1.84. The number of anilines is 1. The molecule has 0 fully saturated rings. The zero-order valence-corrected chi connectivity index (χ0v) is 11.6. The van der Waals surface area contributed by atoms with Crippen molar-refractivity contribution in [2.75, 3.05) is 5.32 Å². The number of carboxylic acids is 1. The number of amides is 2. The van der Waals surface area contributed by atoms with Crippen LogP contribution in [-0.4, -0.2) is 22.3 Å². The first-order valence-electron chi connectivity index (χ1n) is 6.26. The fourth-order valence-corrected chi connectivity index (χ4v) is 1.96. The predicted molar refractivity (Wildman–Crippen MR) is 75.2 cm³/mol. The zero-order valence-electron chi connectivity index (χ0n) is 11.6. The van der Waals surface area contributed by atoms with Crippen molar-refractivity contribution in [3.63, 3.8) is 0 Å². The summed E-state index contributed by atoms with van der Waals surface area (Å²) in [7, 11) is 0.